The van der Waals surface area contributed by atoms with Gasteiger partial charge in [0.15, 0.2) is 0 Å². The molecule has 0 spiro atoms. The van der Waals surface area contributed by atoms with E-state index in [9.17, 15) is 18.3 Å². The Morgan fingerprint density at radius 3 is 2.48 bits per heavy atom. The van der Waals surface area contributed by atoms with Gasteiger partial charge in [-0.3, -0.25) is 0 Å². The maximum atomic E-state index is 12.6. The highest BCUT2D eigenvalue weighted by Gasteiger charge is 2.30. The first-order valence-corrected chi connectivity index (χ1v) is 6.52. The van der Waals surface area contributed by atoms with Gasteiger partial charge in [0.2, 0.25) is 0 Å². The van der Waals surface area contributed by atoms with Gasteiger partial charge in [0.25, 0.3) is 0 Å². The first-order valence-electron chi connectivity index (χ1n) is 6.52. The van der Waals surface area contributed by atoms with Crippen LogP contribution in [0, 0.1) is 6.92 Å². The summed E-state index contributed by atoms with van der Waals surface area (Å²) in [7, 11) is 0. The lowest BCUT2D eigenvalue weighted by molar-refractivity contribution is -0.137. The molecule has 0 aromatic heterocycles. The number of halogens is 3. The van der Waals surface area contributed by atoms with E-state index in [1.54, 1.807) is 0 Å². The second-order valence-electron chi connectivity index (χ2n) is 4.83. The topological polar surface area (TPSA) is 32.3 Å². The summed E-state index contributed by atoms with van der Waals surface area (Å²) in [6, 6.07) is 12.3. The molecule has 0 aliphatic rings. The predicted octanol–water partition coefficient (Wildman–Crippen LogP) is 4.16. The Balaban J connectivity index is 2.07. The van der Waals surface area contributed by atoms with Crippen LogP contribution in [0.5, 0.6) is 0 Å². The van der Waals surface area contributed by atoms with E-state index in [0.717, 1.165) is 23.4 Å². The van der Waals surface area contributed by atoms with E-state index < -0.39 is 17.8 Å². The van der Waals surface area contributed by atoms with E-state index in [4.69, 9.17) is 0 Å². The van der Waals surface area contributed by atoms with Crippen LogP contribution in [0.1, 0.15) is 22.8 Å². The molecule has 21 heavy (non-hydrogen) atoms. The molecule has 0 radical (unpaired) electrons. The molecule has 2 aromatic rings. The molecule has 1 unspecified atom stereocenters. The van der Waals surface area contributed by atoms with Gasteiger partial charge in [-0.2, -0.15) is 13.2 Å². The van der Waals surface area contributed by atoms with Gasteiger partial charge in [-0.25, -0.2) is 0 Å². The van der Waals surface area contributed by atoms with Crippen LogP contribution >= 0.6 is 0 Å². The summed E-state index contributed by atoms with van der Waals surface area (Å²) >= 11 is 0. The number of aliphatic hydroxyl groups excluding tert-OH is 1. The summed E-state index contributed by atoms with van der Waals surface area (Å²) in [6.45, 7) is 2.06. The number of aliphatic hydroxyl groups is 1. The normalized spacial score (nSPS) is 13.0. The minimum absolute atomic E-state index is 0.145. The number of anilines is 1. The van der Waals surface area contributed by atoms with E-state index in [-0.39, 0.29) is 12.1 Å². The first-order chi connectivity index (χ1) is 9.88. The molecule has 0 aliphatic heterocycles. The number of hydrogen-bond acceptors (Lipinski definition) is 2. The Bertz CT molecular complexity index is 610. The van der Waals surface area contributed by atoms with Crippen molar-refractivity contribution in [2.24, 2.45) is 0 Å². The molecule has 5 heteroatoms. The molecule has 2 nitrogen and oxygen atoms in total. The van der Waals surface area contributed by atoms with Crippen LogP contribution in [0.4, 0.5) is 18.9 Å². The number of hydrogen-bond donors (Lipinski definition) is 2. The lowest BCUT2D eigenvalue weighted by Gasteiger charge is -2.16. The van der Waals surface area contributed by atoms with Crippen molar-refractivity contribution in [1.82, 2.24) is 0 Å². The second-order valence-corrected chi connectivity index (χ2v) is 4.83. The van der Waals surface area contributed by atoms with Crippen molar-refractivity contribution < 1.29 is 18.3 Å². The second kappa shape index (κ2) is 6.18. The Hall–Kier alpha value is -2.01. The molecule has 0 bridgehead atoms. The minimum Gasteiger partial charge on any atom is -0.387 e. The van der Waals surface area contributed by atoms with E-state index >= 15 is 0 Å². The van der Waals surface area contributed by atoms with Crippen LogP contribution in [-0.4, -0.2) is 11.7 Å². The average molecular weight is 295 g/mol. The maximum Gasteiger partial charge on any atom is 0.416 e. The van der Waals surface area contributed by atoms with Crippen molar-refractivity contribution in [2.75, 3.05) is 11.9 Å². The Kier molecular flexibility index (Phi) is 4.53. The fraction of sp³-hybridized carbons (Fsp3) is 0.250. The zero-order valence-electron chi connectivity index (χ0n) is 11.5. The summed E-state index contributed by atoms with van der Waals surface area (Å²) in [5, 5.41) is 13.1. The minimum atomic E-state index is -4.40. The molecule has 0 amide bonds. The highest BCUT2D eigenvalue weighted by atomic mass is 19.4. The summed E-state index contributed by atoms with van der Waals surface area (Å²) < 4.78 is 37.9. The predicted molar refractivity (Wildman–Crippen MR) is 76.1 cm³/mol. The molecule has 0 fully saturated rings. The van der Waals surface area contributed by atoms with Gasteiger partial charge >= 0.3 is 6.18 Å². The van der Waals surface area contributed by atoms with Crippen LogP contribution < -0.4 is 5.32 Å². The van der Waals surface area contributed by atoms with Gasteiger partial charge in [-0.15, -0.1) is 0 Å². The van der Waals surface area contributed by atoms with E-state index in [1.165, 1.54) is 12.1 Å². The van der Waals surface area contributed by atoms with Crippen molar-refractivity contribution >= 4 is 5.69 Å². The van der Waals surface area contributed by atoms with Gasteiger partial charge in [0.1, 0.15) is 0 Å². The lowest BCUT2D eigenvalue weighted by Crippen LogP contribution is -2.14. The third-order valence-corrected chi connectivity index (χ3v) is 3.23. The van der Waals surface area contributed by atoms with Crippen molar-refractivity contribution in [3.8, 4) is 0 Å². The number of aryl methyl sites for hydroxylation is 1. The summed E-state index contributed by atoms with van der Waals surface area (Å²) in [4.78, 5) is 0. The Morgan fingerprint density at radius 1 is 1.10 bits per heavy atom. The van der Waals surface area contributed by atoms with Gasteiger partial charge in [-0.1, -0.05) is 30.3 Å². The molecular weight excluding hydrogens is 279 g/mol. The van der Waals surface area contributed by atoms with Crippen LogP contribution in [0.15, 0.2) is 48.5 Å². The first kappa shape index (κ1) is 15.4. The SMILES string of the molecule is Cc1ccccc1NCC(O)c1cccc(C(F)(F)F)c1. The van der Waals surface area contributed by atoms with E-state index in [2.05, 4.69) is 5.32 Å². The Morgan fingerprint density at radius 2 is 1.81 bits per heavy atom. The van der Waals surface area contributed by atoms with Crippen molar-refractivity contribution in [3.05, 3.63) is 65.2 Å². The lowest BCUT2D eigenvalue weighted by atomic mass is 10.1. The molecule has 0 aliphatic carbocycles. The summed E-state index contributed by atoms with van der Waals surface area (Å²) in [5.41, 5.74) is 1.35. The van der Waals surface area contributed by atoms with Gasteiger partial charge in [0, 0.05) is 12.2 Å². The highest BCUT2D eigenvalue weighted by Crippen LogP contribution is 2.30. The number of para-hydroxylation sites is 1. The molecule has 0 saturated heterocycles. The van der Waals surface area contributed by atoms with Crippen molar-refractivity contribution in [2.45, 2.75) is 19.2 Å². The molecule has 1 atom stereocenters. The largest absolute Gasteiger partial charge is 0.416 e. The molecule has 112 valence electrons. The number of nitrogens with one attached hydrogen (secondary N) is 1. The third kappa shape index (κ3) is 3.98. The fourth-order valence-corrected chi connectivity index (χ4v) is 2.02. The van der Waals surface area contributed by atoms with Gasteiger partial charge in [-0.05, 0) is 36.2 Å². The molecule has 2 rings (SSSR count). The van der Waals surface area contributed by atoms with Crippen molar-refractivity contribution in [1.29, 1.82) is 0 Å². The molecule has 2 N–H and O–H groups in total. The third-order valence-electron chi connectivity index (χ3n) is 3.23. The molecule has 2 aromatic carbocycles. The molecule has 0 saturated carbocycles. The van der Waals surface area contributed by atoms with Crippen molar-refractivity contribution in [3.63, 3.8) is 0 Å². The van der Waals surface area contributed by atoms with Crippen LogP contribution in [0.2, 0.25) is 0 Å². The maximum absolute atomic E-state index is 12.6. The number of rotatable bonds is 4. The molecule has 0 heterocycles. The van der Waals surface area contributed by atoms with E-state index in [1.807, 2.05) is 31.2 Å². The smallest absolute Gasteiger partial charge is 0.387 e. The fourth-order valence-electron chi connectivity index (χ4n) is 2.02. The summed E-state index contributed by atoms with van der Waals surface area (Å²) in [5.74, 6) is 0. The standard InChI is InChI=1S/C16H16F3NO/c1-11-5-2-3-8-14(11)20-10-15(21)12-6-4-7-13(9-12)16(17,18)19/h2-9,15,20-21H,10H2,1H3. The zero-order chi connectivity index (χ0) is 15.5. The average Bonchev–Trinajstić information content (AvgIpc) is 2.45. The van der Waals surface area contributed by atoms with Gasteiger partial charge in [0.05, 0.1) is 11.7 Å². The van der Waals surface area contributed by atoms with Gasteiger partial charge < -0.3 is 10.4 Å². The summed E-state index contributed by atoms with van der Waals surface area (Å²) in [6.07, 6.45) is -5.41. The number of alkyl halides is 3. The monoisotopic (exact) mass is 295 g/mol. The van der Waals surface area contributed by atoms with Crippen LogP contribution in [0.25, 0.3) is 0 Å². The van der Waals surface area contributed by atoms with Crippen LogP contribution in [0.3, 0.4) is 0 Å². The van der Waals surface area contributed by atoms with E-state index in [0.29, 0.717) is 0 Å². The number of benzene rings is 2. The quantitative estimate of drug-likeness (QED) is 0.887. The van der Waals surface area contributed by atoms with Crippen LogP contribution in [-0.2, 0) is 6.18 Å². The highest BCUT2D eigenvalue weighted by molar-refractivity contribution is 5.50. The zero-order valence-corrected chi connectivity index (χ0v) is 11.5. The molecular formula is C16H16F3NO. The Labute approximate surface area is 121 Å².